The second-order valence-corrected chi connectivity index (χ2v) is 9.20. The van der Waals surface area contributed by atoms with E-state index in [-0.39, 0.29) is 5.75 Å². The number of thiazole rings is 1. The van der Waals surface area contributed by atoms with Crippen LogP contribution in [0.25, 0.3) is 10.6 Å². The summed E-state index contributed by atoms with van der Waals surface area (Å²) in [6.45, 7) is 5.98. The van der Waals surface area contributed by atoms with Crippen molar-refractivity contribution in [3.05, 3.63) is 88.7 Å². The van der Waals surface area contributed by atoms with Crippen molar-refractivity contribution in [2.45, 2.75) is 30.5 Å². The fraction of sp³-hybridized carbons (Fsp3) is 0.174. The van der Waals surface area contributed by atoms with Crippen molar-refractivity contribution in [3.8, 4) is 16.3 Å². The Morgan fingerprint density at radius 1 is 1.24 bits per heavy atom. The fourth-order valence-electron chi connectivity index (χ4n) is 3.09. The highest BCUT2D eigenvalue weighted by Crippen LogP contribution is 2.32. The normalized spacial score (nSPS) is 12.0. The maximum Gasteiger partial charge on any atom is 0.192 e. The van der Waals surface area contributed by atoms with Crippen molar-refractivity contribution >= 4 is 34.7 Å². The summed E-state index contributed by atoms with van der Waals surface area (Å²) in [5.41, 5.74) is 1.80. The summed E-state index contributed by atoms with van der Waals surface area (Å²) in [6, 6.07) is 10.8. The highest BCUT2D eigenvalue weighted by atomic mass is 35.5. The SMILES string of the molecule is C=CCn1c(SCc2csc(-c3ccccc3Cl)n2)nnc1C(C)Oc1ccc(F)cc1F. The van der Waals surface area contributed by atoms with Crippen LogP contribution in [0, 0.1) is 11.6 Å². The van der Waals surface area contributed by atoms with Gasteiger partial charge >= 0.3 is 0 Å². The number of halogens is 3. The van der Waals surface area contributed by atoms with Crippen molar-refractivity contribution < 1.29 is 13.5 Å². The Morgan fingerprint density at radius 2 is 2.06 bits per heavy atom. The molecule has 2 heterocycles. The number of ether oxygens (including phenoxy) is 1. The topological polar surface area (TPSA) is 52.8 Å². The van der Waals surface area contributed by atoms with E-state index in [4.69, 9.17) is 16.3 Å². The Kier molecular flexibility index (Phi) is 7.42. The first-order chi connectivity index (χ1) is 16.0. The van der Waals surface area contributed by atoms with Crippen LogP contribution in [0.1, 0.15) is 24.5 Å². The lowest BCUT2D eigenvalue weighted by Gasteiger charge is -2.16. The smallest absolute Gasteiger partial charge is 0.192 e. The molecule has 2 aromatic carbocycles. The molecule has 0 radical (unpaired) electrons. The van der Waals surface area contributed by atoms with Crippen molar-refractivity contribution in [2.75, 3.05) is 0 Å². The van der Waals surface area contributed by atoms with Crippen LogP contribution in [0.15, 0.2) is 65.7 Å². The van der Waals surface area contributed by atoms with E-state index in [1.807, 2.05) is 34.2 Å². The van der Waals surface area contributed by atoms with E-state index < -0.39 is 17.7 Å². The van der Waals surface area contributed by atoms with Gasteiger partial charge in [0.2, 0.25) is 0 Å². The van der Waals surface area contributed by atoms with Crippen LogP contribution >= 0.6 is 34.7 Å². The van der Waals surface area contributed by atoms with Crippen LogP contribution in [0.2, 0.25) is 5.02 Å². The van der Waals surface area contributed by atoms with Crippen molar-refractivity contribution in [1.29, 1.82) is 0 Å². The summed E-state index contributed by atoms with van der Waals surface area (Å²) in [5, 5.41) is 12.7. The average molecular weight is 505 g/mol. The molecule has 0 bridgehead atoms. The average Bonchev–Trinajstić information content (AvgIpc) is 3.42. The Labute approximate surface area is 203 Å². The predicted molar refractivity (Wildman–Crippen MR) is 128 cm³/mol. The number of benzene rings is 2. The van der Waals surface area contributed by atoms with E-state index in [0.29, 0.717) is 28.3 Å². The van der Waals surface area contributed by atoms with Gasteiger partial charge in [-0.1, -0.05) is 47.6 Å². The molecule has 10 heteroatoms. The van der Waals surface area contributed by atoms with Crippen molar-refractivity contribution in [2.24, 2.45) is 0 Å². The molecule has 2 aromatic heterocycles. The van der Waals surface area contributed by atoms with Gasteiger partial charge in [-0.15, -0.1) is 28.1 Å². The summed E-state index contributed by atoms with van der Waals surface area (Å²) >= 11 is 9.29. The van der Waals surface area contributed by atoms with Gasteiger partial charge in [0.25, 0.3) is 0 Å². The maximum absolute atomic E-state index is 14.0. The van der Waals surface area contributed by atoms with Gasteiger partial charge in [0.05, 0.1) is 10.7 Å². The van der Waals surface area contributed by atoms with E-state index in [1.165, 1.54) is 29.2 Å². The molecule has 0 N–H and O–H groups in total. The summed E-state index contributed by atoms with van der Waals surface area (Å²) in [6.07, 6.45) is 1.11. The summed E-state index contributed by atoms with van der Waals surface area (Å²) in [5.74, 6) is -0.403. The van der Waals surface area contributed by atoms with Crippen LogP contribution in [0.5, 0.6) is 5.75 Å². The van der Waals surface area contributed by atoms with Crippen molar-refractivity contribution in [3.63, 3.8) is 0 Å². The molecule has 33 heavy (non-hydrogen) atoms. The zero-order valence-corrected chi connectivity index (χ0v) is 19.9. The first-order valence-corrected chi connectivity index (χ1v) is 12.2. The Hall–Kier alpha value is -2.75. The predicted octanol–water partition coefficient (Wildman–Crippen LogP) is 6.95. The number of hydrogen-bond donors (Lipinski definition) is 0. The Balaban J connectivity index is 1.49. The Bertz CT molecular complexity index is 1280. The lowest BCUT2D eigenvalue weighted by Crippen LogP contribution is -2.13. The van der Waals surface area contributed by atoms with Gasteiger partial charge in [0.1, 0.15) is 10.8 Å². The first kappa shape index (κ1) is 23.4. The largest absolute Gasteiger partial charge is 0.480 e. The van der Waals surface area contributed by atoms with Gasteiger partial charge in [0.15, 0.2) is 28.7 Å². The van der Waals surface area contributed by atoms with E-state index in [1.54, 1.807) is 13.0 Å². The minimum atomic E-state index is -0.774. The minimum Gasteiger partial charge on any atom is -0.480 e. The summed E-state index contributed by atoms with van der Waals surface area (Å²) in [4.78, 5) is 4.69. The quantitative estimate of drug-likeness (QED) is 0.182. The molecule has 0 saturated carbocycles. The lowest BCUT2D eigenvalue weighted by atomic mass is 10.2. The number of rotatable bonds is 9. The van der Waals surface area contributed by atoms with E-state index in [9.17, 15) is 8.78 Å². The molecule has 170 valence electrons. The van der Waals surface area contributed by atoms with Crippen molar-refractivity contribution in [1.82, 2.24) is 19.7 Å². The number of aromatic nitrogens is 4. The molecule has 5 nitrogen and oxygen atoms in total. The summed E-state index contributed by atoms with van der Waals surface area (Å²) < 4.78 is 34.7. The van der Waals surface area contributed by atoms with Crippen LogP contribution < -0.4 is 4.74 Å². The van der Waals surface area contributed by atoms with Crippen LogP contribution in [0.4, 0.5) is 8.78 Å². The molecule has 0 amide bonds. The maximum atomic E-state index is 14.0. The lowest BCUT2D eigenvalue weighted by molar-refractivity contribution is 0.200. The molecule has 0 aliphatic heterocycles. The molecule has 0 saturated heterocycles. The van der Waals surface area contributed by atoms with Gasteiger partial charge in [-0.3, -0.25) is 4.57 Å². The molecular formula is C23H19ClF2N4OS2. The number of hydrogen-bond acceptors (Lipinski definition) is 6. The second-order valence-electron chi connectivity index (χ2n) is 6.99. The number of nitrogens with zero attached hydrogens (tertiary/aromatic N) is 4. The van der Waals surface area contributed by atoms with Crippen LogP contribution in [-0.4, -0.2) is 19.7 Å². The van der Waals surface area contributed by atoms with Gasteiger partial charge in [0, 0.05) is 29.3 Å². The third-order valence-corrected chi connectivity index (χ3v) is 6.88. The van der Waals surface area contributed by atoms with Gasteiger partial charge in [-0.25, -0.2) is 13.8 Å². The molecule has 0 aliphatic rings. The molecule has 1 unspecified atom stereocenters. The third-order valence-electron chi connectivity index (χ3n) is 4.62. The molecule has 1 atom stereocenters. The molecule has 0 spiro atoms. The van der Waals surface area contributed by atoms with Crippen LogP contribution in [0.3, 0.4) is 0 Å². The Morgan fingerprint density at radius 3 is 2.82 bits per heavy atom. The number of thioether (sulfide) groups is 1. The van der Waals surface area contributed by atoms with Gasteiger partial charge in [-0.05, 0) is 25.1 Å². The van der Waals surface area contributed by atoms with E-state index >= 15 is 0 Å². The summed E-state index contributed by atoms with van der Waals surface area (Å²) in [7, 11) is 0. The highest BCUT2D eigenvalue weighted by Gasteiger charge is 2.21. The van der Waals surface area contributed by atoms with Gasteiger partial charge in [-0.2, -0.15) is 0 Å². The van der Waals surface area contributed by atoms with Crippen LogP contribution in [-0.2, 0) is 12.3 Å². The standard InChI is InChI=1S/C23H19ClF2N4OS2/c1-3-10-30-21(14(2)31-20-9-8-15(25)11-19(20)26)28-29-23(30)33-13-16-12-32-22(27-16)17-6-4-5-7-18(17)24/h3-9,11-12,14H,1,10,13H2,2H3. The zero-order chi connectivity index (χ0) is 23.4. The van der Waals surface area contributed by atoms with E-state index in [2.05, 4.69) is 21.8 Å². The number of allylic oxidation sites excluding steroid dienone is 1. The third kappa shape index (κ3) is 5.43. The van der Waals surface area contributed by atoms with Gasteiger partial charge < -0.3 is 4.74 Å². The molecule has 4 aromatic rings. The minimum absolute atomic E-state index is 0.0548. The first-order valence-electron chi connectivity index (χ1n) is 9.94. The molecule has 0 aliphatic carbocycles. The van der Waals surface area contributed by atoms with E-state index in [0.717, 1.165) is 28.4 Å². The zero-order valence-electron chi connectivity index (χ0n) is 17.5. The fourth-order valence-corrected chi connectivity index (χ4v) is 5.19. The molecular weight excluding hydrogens is 486 g/mol. The highest BCUT2D eigenvalue weighted by molar-refractivity contribution is 7.98. The molecule has 4 rings (SSSR count). The second kappa shape index (κ2) is 10.5. The monoisotopic (exact) mass is 504 g/mol. The molecule has 0 fully saturated rings.